The number of benzene rings is 1. The van der Waals surface area contributed by atoms with E-state index in [1.807, 2.05) is 24.3 Å². The molecule has 1 aliphatic carbocycles. The van der Waals surface area contributed by atoms with E-state index in [0.29, 0.717) is 6.61 Å². The van der Waals surface area contributed by atoms with Crippen LogP contribution >= 0.6 is 11.6 Å². The zero-order valence-electron chi connectivity index (χ0n) is 10.8. The lowest BCUT2D eigenvalue weighted by molar-refractivity contribution is 0.294. The Labute approximate surface area is 115 Å². The van der Waals surface area contributed by atoms with E-state index in [4.69, 9.17) is 16.3 Å². The fourth-order valence-electron chi connectivity index (χ4n) is 2.50. The minimum atomic E-state index is 0.701. The molecule has 0 heterocycles. The summed E-state index contributed by atoms with van der Waals surface area (Å²) in [5.41, 5.74) is 0. The SMILES string of the molecule is Clc1cccc(OCCNCC2CCCCC2)c1. The second-order valence-corrected chi connectivity index (χ2v) is 5.45. The Morgan fingerprint density at radius 1 is 1.22 bits per heavy atom. The highest BCUT2D eigenvalue weighted by molar-refractivity contribution is 6.30. The summed E-state index contributed by atoms with van der Waals surface area (Å²) in [4.78, 5) is 0. The zero-order chi connectivity index (χ0) is 12.6. The molecule has 3 heteroatoms. The molecule has 2 rings (SSSR count). The second kappa shape index (κ2) is 7.65. The van der Waals surface area contributed by atoms with Crippen LogP contribution in [0.25, 0.3) is 0 Å². The van der Waals surface area contributed by atoms with Gasteiger partial charge in [-0.25, -0.2) is 0 Å². The predicted molar refractivity (Wildman–Crippen MR) is 76.4 cm³/mol. The standard InChI is InChI=1S/C15H22ClNO/c16-14-7-4-8-15(11-14)18-10-9-17-12-13-5-2-1-3-6-13/h4,7-8,11,13,17H,1-3,5-6,9-10,12H2. The largest absolute Gasteiger partial charge is 0.492 e. The van der Waals surface area contributed by atoms with Crippen LogP contribution in [-0.4, -0.2) is 19.7 Å². The van der Waals surface area contributed by atoms with Crippen molar-refractivity contribution in [1.29, 1.82) is 0 Å². The van der Waals surface area contributed by atoms with Crippen molar-refractivity contribution in [2.75, 3.05) is 19.7 Å². The molecule has 0 atom stereocenters. The van der Waals surface area contributed by atoms with E-state index in [-0.39, 0.29) is 0 Å². The van der Waals surface area contributed by atoms with Crippen LogP contribution in [0.5, 0.6) is 5.75 Å². The Kier molecular flexibility index (Phi) is 5.82. The quantitative estimate of drug-likeness (QED) is 0.790. The molecule has 0 bridgehead atoms. The fourth-order valence-corrected chi connectivity index (χ4v) is 2.68. The summed E-state index contributed by atoms with van der Waals surface area (Å²) in [5.74, 6) is 1.73. The van der Waals surface area contributed by atoms with Crippen molar-refractivity contribution >= 4 is 11.6 Å². The summed E-state index contributed by atoms with van der Waals surface area (Å²) in [5, 5.41) is 4.21. The van der Waals surface area contributed by atoms with Gasteiger partial charge >= 0.3 is 0 Å². The molecule has 0 saturated heterocycles. The van der Waals surface area contributed by atoms with Gasteiger partial charge in [0.15, 0.2) is 0 Å². The molecule has 0 radical (unpaired) electrons. The monoisotopic (exact) mass is 267 g/mol. The Hall–Kier alpha value is -0.730. The molecule has 1 aliphatic rings. The van der Waals surface area contributed by atoms with Gasteiger partial charge in [0.1, 0.15) is 12.4 Å². The van der Waals surface area contributed by atoms with Crippen LogP contribution in [0.1, 0.15) is 32.1 Å². The summed E-state index contributed by atoms with van der Waals surface area (Å²) >= 11 is 5.89. The van der Waals surface area contributed by atoms with E-state index in [2.05, 4.69) is 5.32 Å². The Morgan fingerprint density at radius 2 is 2.06 bits per heavy atom. The lowest BCUT2D eigenvalue weighted by atomic mass is 9.89. The number of hydrogen-bond donors (Lipinski definition) is 1. The van der Waals surface area contributed by atoms with E-state index < -0.39 is 0 Å². The normalized spacial score (nSPS) is 16.7. The maximum atomic E-state index is 5.89. The van der Waals surface area contributed by atoms with Crippen molar-refractivity contribution in [1.82, 2.24) is 5.32 Å². The molecule has 100 valence electrons. The highest BCUT2D eigenvalue weighted by Gasteiger charge is 2.12. The maximum absolute atomic E-state index is 5.89. The average Bonchev–Trinajstić information content (AvgIpc) is 2.40. The van der Waals surface area contributed by atoms with Crippen LogP contribution in [0.15, 0.2) is 24.3 Å². The third kappa shape index (κ3) is 4.87. The summed E-state index contributed by atoms with van der Waals surface area (Å²) in [6.45, 7) is 2.75. The number of halogens is 1. The Morgan fingerprint density at radius 3 is 2.83 bits per heavy atom. The van der Waals surface area contributed by atoms with Gasteiger partial charge in [0.25, 0.3) is 0 Å². The maximum Gasteiger partial charge on any atom is 0.120 e. The molecule has 1 N–H and O–H groups in total. The molecule has 2 nitrogen and oxygen atoms in total. The zero-order valence-corrected chi connectivity index (χ0v) is 11.6. The Balaban J connectivity index is 1.55. The minimum absolute atomic E-state index is 0.701. The summed E-state index contributed by atoms with van der Waals surface area (Å²) in [7, 11) is 0. The van der Waals surface area contributed by atoms with Gasteiger partial charge in [-0.1, -0.05) is 36.9 Å². The first-order valence-corrected chi connectivity index (χ1v) is 7.31. The predicted octanol–water partition coefficient (Wildman–Crippen LogP) is 3.89. The van der Waals surface area contributed by atoms with E-state index in [9.17, 15) is 0 Å². The molecular formula is C15H22ClNO. The van der Waals surface area contributed by atoms with Gasteiger partial charge in [-0.3, -0.25) is 0 Å². The van der Waals surface area contributed by atoms with E-state index in [0.717, 1.165) is 29.8 Å². The molecule has 0 unspecified atom stereocenters. The first-order valence-electron chi connectivity index (χ1n) is 6.94. The second-order valence-electron chi connectivity index (χ2n) is 5.01. The van der Waals surface area contributed by atoms with E-state index in [1.165, 1.54) is 32.1 Å². The van der Waals surface area contributed by atoms with Crippen molar-refractivity contribution in [3.8, 4) is 5.75 Å². The molecule has 1 aromatic rings. The van der Waals surface area contributed by atoms with E-state index >= 15 is 0 Å². The van der Waals surface area contributed by atoms with Crippen molar-refractivity contribution < 1.29 is 4.74 Å². The van der Waals surface area contributed by atoms with Crippen molar-refractivity contribution in [2.45, 2.75) is 32.1 Å². The Bertz CT molecular complexity index is 350. The van der Waals surface area contributed by atoms with Crippen molar-refractivity contribution in [3.63, 3.8) is 0 Å². The summed E-state index contributed by atoms with van der Waals surface area (Å²) < 4.78 is 5.63. The molecular weight excluding hydrogens is 246 g/mol. The van der Waals surface area contributed by atoms with Gasteiger partial charge in [0, 0.05) is 11.6 Å². The van der Waals surface area contributed by atoms with Gasteiger partial charge < -0.3 is 10.1 Å². The van der Waals surface area contributed by atoms with Crippen molar-refractivity contribution in [3.05, 3.63) is 29.3 Å². The van der Waals surface area contributed by atoms with Gasteiger partial charge in [0.05, 0.1) is 0 Å². The topological polar surface area (TPSA) is 21.3 Å². The molecule has 0 amide bonds. The molecule has 0 spiro atoms. The van der Waals surface area contributed by atoms with Crippen LogP contribution in [0.2, 0.25) is 5.02 Å². The lowest BCUT2D eigenvalue weighted by Gasteiger charge is -2.21. The van der Waals surface area contributed by atoms with Crippen LogP contribution in [0, 0.1) is 5.92 Å². The lowest BCUT2D eigenvalue weighted by Crippen LogP contribution is -2.28. The van der Waals surface area contributed by atoms with Gasteiger partial charge in [-0.05, 0) is 43.5 Å². The van der Waals surface area contributed by atoms with Crippen LogP contribution < -0.4 is 10.1 Å². The number of nitrogens with one attached hydrogen (secondary N) is 1. The van der Waals surface area contributed by atoms with Gasteiger partial charge in [-0.2, -0.15) is 0 Å². The average molecular weight is 268 g/mol. The summed E-state index contributed by atoms with van der Waals surface area (Å²) in [6, 6.07) is 7.55. The number of ether oxygens (including phenoxy) is 1. The van der Waals surface area contributed by atoms with Crippen LogP contribution in [0.3, 0.4) is 0 Å². The van der Waals surface area contributed by atoms with Gasteiger partial charge in [-0.15, -0.1) is 0 Å². The number of hydrogen-bond acceptors (Lipinski definition) is 2. The molecule has 0 aromatic heterocycles. The molecule has 18 heavy (non-hydrogen) atoms. The molecule has 1 fully saturated rings. The molecule has 1 aromatic carbocycles. The highest BCUT2D eigenvalue weighted by Crippen LogP contribution is 2.22. The van der Waals surface area contributed by atoms with Crippen LogP contribution in [0.4, 0.5) is 0 Å². The fraction of sp³-hybridized carbons (Fsp3) is 0.600. The third-order valence-corrected chi connectivity index (χ3v) is 3.74. The highest BCUT2D eigenvalue weighted by atomic mass is 35.5. The smallest absolute Gasteiger partial charge is 0.120 e. The van der Waals surface area contributed by atoms with E-state index in [1.54, 1.807) is 0 Å². The first-order chi connectivity index (χ1) is 8.84. The van der Waals surface area contributed by atoms with Crippen molar-refractivity contribution in [2.24, 2.45) is 5.92 Å². The molecule has 1 saturated carbocycles. The van der Waals surface area contributed by atoms with Crippen LogP contribution in [-0.2, 0) is 0 Å². The summed E-state index contributed by atoms with van der Waals surface area (Å²) in [6.07, 6.45) is 7.02. The minimum Gasteiger partial charge on any atom is -0.492 e. The molecule has 0 aliphatic heterocycles. The number of rotatable bonds is 6. The first kappa shape index (κ1) is 13.7. The third-order valence-electron chi connectivity index (χ3n) is 3.50. The van der Waals surface area contributed by atoms with Gasteiger partial charge in [0.2, 0.25) is 0 Å².